The fraction of sp³-hybridized carbons (Fsp3) is 0.419. The van der Waals surface area contributed by atoms with Crippen molar-refractivity contribution in [2.24, 2.45) is 0 Å². The number of anilines is 2. The van der Waals surface area contributed by atoms with E-state index in [0.29, 0.717) is 41.8 Å². The fourth-order valence-electron chi connectivity index (χ4n) is 5.81. The van der Waals surface area contributed by atoms with Crippen molar-refractivity contribution in [3.8, 4) is 17.0 Å². The van der Waals surface area contributed by atoms with Crippen LogP contribution in [-0.4, -0.2) is 56.5 Å². The highest BCUT2D eigenvalue weighted by Crippen LogP contribution is 2.42. The lowest BCUT2D eigenvalue weighted by atomic mass is 9.81. The standard InChI is InChI=1S/C31H37F3N6O4S/c1-17(2)40-30-22(18-5-7-19(8-6-18)36-11-12-43-3)16-37-31(35)28(30)29(38-40)21-14-25(34)26(15-24(21)33)39-45(41,42)27-13-20(44-4)9-10-23(27)32/h9-10,13-19,36,39H,5-8,11-12H2,1-4H3,(H2,35,37)/i4D3. The second-order valence-corrected chi connectivity index (χ2v) is 13.0. The quantitative estimate of drug-likeness (QED) is 0.175. The summed E-state index contributed by atoms with van der Waals surface area (Å²) >= 11 is 0. The van der Waals surface area contributed by atoms with Gasteiger partial charge in [0, 0.05) is 49.6 Å². The molecule has 0 amide bonds. The van der Waals surface area contributed by atoms with Gasteiger partial charge in [0.2, 0.25) is 0 Å². The molecule has 14 heteroatoms. The number of nitrogens with zero attached hydrogens (tertiary/aromatic N) is 3. The molecule has 10 nitrogen and oxygen atoms in total. The van der Waals surface area contributed by atoms with Gasteiger partial charge in [-0.3, -0.25) is 9.40 Å². The van der Waals surface area contributed by atoms with Crippen molar-refractivity contribution in [1.29, 1.82) is 0 Å². The molecule has 0 atom stereocenters. The van der Waals surface area contributed by atoms with Gasteiger partial charge in [0.05, 0.1) is 34.3 Å². The molecule has 0 bridgehead atoms. The number of halogens is 3. The van der Waals surface area contributed by atoms with E-state index in [-0.39, 0.29) is 29.0 Å². The summed E-state index contributed by atoms with van der Waals surface area (Å²) in [6.07, 6.45) is 5.32. The van der Waals surface area contributed by atoms with Gasteiger partial charge in [-0.1, -0.05) is 0 Å². The summed E-state index contributed by atoms with van der Waals surface area (Å²) < 4.78 is 107. The number of nitrogens with one attached hydrogen (secondary N) is 2. The molecule has 0 aliphatic heterocycles. The first-order valence-corrected chi connectivity index (χ1v) is 16.0. The molecule has 0 radical (unpaired) electrons. The summed E-state index contributed by atoms with van der Waals surface area (Å²) in [6.45, 7) is 5.19. The summed E-state index contributed by atoms with van der Waals surface area (Å²) in [5.41, 5.74) is 6.86. The smallest absolute Gasteiger partial charge is 0.265 e. The van der Waals surface area contributed by atoms with Crippen LogP contribution < -0.4 is 20.5 Å². The Hall–Kier alpha value is -3.88. The number of aromatic nitrogens is 3. The van der Waals surface area contributed by atoms with E-state index in [0.717, 1.165) is 49.9 Å². The van der Waals surface area contributed by atoms with Crippen molar-refractivity contribution in [3.63, 3.8) is 0 Å². The Labute approximate surface area is 264 Å². The monoisotopic (exact) mass is 649 g/mol. The second kappa shape index (κ2) is 13.2. The third kappa shape index (κ3) is 6.58. The van der Waals surface area contributed by atoms with Crippen molar-refractivity contribution in [1.82, 2.24) is 20.1 Å². The van der Waals surface area contributed by atoms with Crippen molar-refractivity contribution >= 4 is 32.4 Å². The van der Waals surface area contributed by atoms with Gasteiger partial charge in [0.25, 0.3) is 10.0 Å². The van der Waals surface area contributed by atoms with Crippen LogP contribution in [0, 0.1) is 17.5 Å². The highest BCUT2D eigenvalue weighted by molar-refractivity contribution is 7.92. The average Bonchev–Trinajstić information content (AvgIpc) is 3.41. The lowest BCUT2D eigenvalue weighted by Crippen LogP contribution is -2.34. The van der Waals surface area contributed by atoms with Crippen molar-refractivity contribution < 1.29 is 35.2 Å². The molecular weight excluding hydrogens is 609 g/mol. The Morgan fingerprint density at radius 2 is 1.87 bits per heavy atom. The van der Waals surface area contributed by atoms with Gasteiger partial charge in [-0.05, 0) is 69.2 Å². The van der Waals surface area contributed by atoms with E-state index in [1.807, 2.05) is 18.6 Å². The van der Waals surface area contributed by atoms with Crippen molar-refractivity contribution in [3.05, 3.63) is 59.5 Å². The maximum Gasteiger partial charge on any atom is 0.265 e. The molecule has 5 rings (SSSR count). The summed E-state index contributed by atoms with van der Waals surface area (Å²) in [5.74, 6) is -3.74. The molecule has 0 saturated heterocycles. The highest BCUT2D eigenvalue weighted by Gasteiger charge is 2.30. The van der Waals surface area contributed by atoms with Crippen LogP contribution in [0.4, 0.5) is 24.7 Å². The van der Waals surface area contributed by atoms with E-state index in [1.165, 1.54) is 0 Å². The summed E-state index contributed by atoms with van der Waals surface area (Å²) in [5, 5.41) is 8.51. The van der Waals surface area contributed by atoms with Gasteiger partial charge in [-0.2, -0.15) is 5.10 Å². The zero-order valence-corrected chi connectivity index (χ0v) is 25.8. The summed E-state index contributed by atoms with van der Waals surface area (Å²) in [4.78, 5) is 3.39. The van der Waals surface area contributed by atoms with Crippen LogP contribution in [0.2, 0.25) is 0 Å². The third-order valence-corrected chi connectivity index (χ3v) is 9.42. The highest BCUT2D eigenvalue weighted by atomic mass is 32.2. The molecule has 45 heavy (non-hydrogen) atoms. The minimum absolute atomic E-state index is 0.0341. The maximum atomic E-state index is 15.8. The molecule has 0 spiro atoms. The molecule has 1 saturated carbocycles. The van der Waals surface area contributed by atoms with Crippen LogP contribution >= 0.6 is 0 Å². The van der Waals surface area contributed by atoms with Gasteiger partial charge in [-0.25, -0.2) is 26.6 Å². The molecule has 242 valence electrons. The molecule has 4 aromatic rings. The Kier molecular flexibility index (Phi) is 8.40. The van der Waals surface area contributed by atoms with E-state index in [9.17, 15) is 12.8 Å². The van der Waals surface area contributed by atoms with Gasteiger partial charge in [-0.15, -0.1) is 0 Å². The zero-order valence-electron chi connectivity index (χ0n) is 28.0. The van der Waals surface area contributed by atoms with E-state index in [4.69, 9.17) is 14.6 Å². The Morgan fingerprint density at radius 1 is 1.11 bits per heavy atom. The number of hydrogen-bond donors (Lipinski definition) is 3. The molecular formula is C31H37F3N6O4S. The number of benzene rings is 2. The number of nitrogen functional groups attached to an aromatic ring is 1. The van der Waals surface area contributed by atoms with Crippen LogP contribution in [-0.2, 0) is 14.8 Å². The number of rotatable bonds is 11. The minimum atomic E-state index is -4.87. The van der Waals surface area contributed by atoms with E-state index < -0.39 is 50.8 Å². The molecule has 0 unspecified atom stereocenters. The van der Waals surface area contributed by atoms with Gasteiger partial charge >= 0.3 is 0 Å². The number of fused-ring (bicyclic) bond motifs is 1. The van der Waals surface area contributed by atoms with Crippen LogP contribution in [0.3, 0.4) is 0 Å². The number of nitrogens with two attached hydrogens (primary N) is 1. The first kappa shape index (κ1) is 28.6. The summed E-state index contributed by atoms with van der Waals surface area (Å²) in [7, 11) is -6.15. The number of hydrogen-bond acceptors (Lipinski definition) is 8. The fourth-order valence-corrected chi connectivity index (χ4v) is 6.96. The first-order valence-electron chi connectivity index (χ1n) is 16.0. The van der Waals surface area contributed by atoms with E-state index in [1.54, 1.807) is 18.0 Å². The largest absolute Gasteiger partial charge is 0.497 e. The third-order valence-electron chi connectivity index (χ3n) is 8.04. The number of pyridine rings is 1. The maximum absolute atomic E-state index is 15.8. The second-order valence-electron chi connectivity index (χ2n) is 11.3. The SMILES string of the molecule is [2H]C([2H])([2H])Oc1ccc(F)c(S(=O)(=O)Nc2cc(F)c(-c3nn(C(C)C)c4c(C5CCC(NCCOC)CC5)cnc(N)c34)cc2F)c1. The Balaban J connectivity index is 1.50. The molecule has 1 fully saturated rings. The van der Waals surface area contributed by atoms with E-state index in [2.05, 4.69) is 20.1 Å². The summed E-state index contributed by atoms with van der Waals surface area (Å²) in [6, 6.07) is 3.82. The van der Waals surface area contributed by atoms with Crippen LogP contribution in [0.25, 0.3) is 22.2 Å². The number of sulfonamides is 1. The van der Waals surface area contributed by atoms with Gasteiger partial charge < -0.3 is 20.5 Å². The van der Waals surface area contributed by atoms with Crippen LogP contribution in [0.15, 0.2) is 41.4 Å². The van der Waals surface area contributed by atoms with Crippen molar-refractivity contribution in [2.75, 3.05) is 37.8 Å². The Bertz CT molecular complexity index is 1920. The number of methoxy groups -OCH3 is 2. The predicted octanol–water partition coefficient (Wildman–Crippen LogP) is 5.75. The van der Waals surface area contributed by atoms with E-state index >= 15 is 8.78 Å². The normalized spacial score (nSPS) is 18.5. The predicted molar refractivity (Wildman–Crippen MR) is 166 cm³/mol. The van der Waals surface area contributed by atoms with Gasteiger partial charge in [0.1, 0.15) is 39.6 Å². The lowest BCUT2D eigenvalue weighted by Gasteiger charge is -2.30. The molecule has 2 aromatic heterocycles. The van der Waals surface area contributed by atoms with Gasteiger partial charge in [0.15, 0.2) is 0 Å². The topological polar surface area (TPSA) is 133 Å². The molecule has 2 aromatic carbocycles. The number of ether oxygens (including phenoxy) is 2. The molecule has 1 aliphatic carbocycles. The molecule has 2 heterocycles. The minimum Gasteiger partial charge on any atom is -0.497 e. The van der Waals surface area contributed by atoms with Crippen LogP contribution in [0.1, 0.15) is 61.2 Å². The first-order chi connectivity index (χ1) is 22.6. The average molecular weight is 650 g/mol. The van der Waals surface area contributed by atoms with Crippen LogP contribution in [0.5, 0.6) is 5.75 Å². The zero-order chi connectivity index (χ0) is 35.0. The Morgan fingerprint density at radius 3 is 2.56 bits per heavy atom. The molecule has 1 aliphatic rings. The van der Waals surface area contributed by atoms with Crippen molar-refractivity contribution in [2.45, 2.75) is 62.4 Å². The molecule has 4 N–H and O–H groups in total. The lowest BCUT2D eigenvalue weighted by molar-refractivity contribution is 0.191.